The number of rotatable bonds is 7. The van der Waals surface area contributed by atoms with Crippen LogP contribution in [0.2, 0.25) is 0 Å². The van der Waals surface area contributed by atoms with Crippen LogP contribution in [0.25, 0.3) is 11.3 Å². The summed E-state index contributed by atoms with van der Waals surface area (Å²) >= 11 is 1.23. The summed E-state index contributed by atoms with van der Waals surface area (Å²) in [4.78, 5) is 27.9. The first-order valence-electron chi connectivity index (χ1n) is 8.35. The van der Waals surface area contributed by atoms with E-state index in [0.717, 1.165) is 5.56 Å². The zero-order valence-corrected chi connectivity index (χ0v) is 16.0. The Morgan fingerprint density at radius 3 is 2.64 bits per heavy atom. The van der Waals surface area contributed by atoms with Gasteiger partial charge in [-0.1, -0.05) is 30.3 Å². The van der Waals surface area contributed by atoms with Crippen LogP contribution in [-0.4, -0.2) is 29.5 Å². The van der Waals surface area contributed by atoms with Crippen LogP contribution in [-0.2, 0) is 0 Å². The molecule has 2 aromatic carbocycles. The lowest BCUT2D eigenvalue weighted by molar-refractivity contribution is -0.385. The average molecular weight is 399 g/mol. The number of carbonyl (C=O) groups is 1. The largest absolute Gasteiger partial charge is 0.493 e. The van der Waals surface area contributed by atoms with Gasteiger partial charge in [-0.05, 0) is 6.92 Å². The van der Waals surface area contributed by atoms with Crippen molar-refractivity contribution in [1.82, 2.24) is 4.98 Å². The van der Waals surface area contributed by atoms with Gasteiger partial charge in [0.1, 0.15) is 5.56 Å². The van der Waals surface area contributed by atoms with Gasteiger partial charge in [0.05, 0.1) is 30.4 Å². The molecule has 0 spiro atoms. The predicted molar refractivity (Wildman–Crippen MR) is 106 cm³/mol. The van der Waals surface area contributed by atoms with Crippen molar-refractivity contribution in [3.8, 4) is 22.8 Å². The molecule has 1 N–H and O–H groups in total. The van der Waals surface area contributed by atoms with Gasteiger partial charge in [-0.15, -0.1) is 11.3 Å². The molecule has 0 unspecified atom stereocenters. The number of thiazole rings is 1. The van der Waals surface area contributed by atoms with E-state index in [1.165, 1.54) is 30.6 Å². The molecule has 3 rings (SSSR count). The lowest BCUT2D eigenvalue weighted by Crippen LogP contribution is -2.14. The van der Waals surface area contributed by atoms with Gasteiger partial charge in [0, 0.05) is 17.0 Å². The van der Waals surface area contributed by atoms with Gasteiger partial charge in [0.15, 0.2) is 16.6 Å². The second-order valence-corrected chi connectivity index (χ2v) is 6.43. The van der Waals surface area contributed by atoms with Crippen LogP contribution in [0.3, 0.4) is 0 Å². The highest BCUT2D eigenvalue weighted by Crippen LogP contribution is 2.35. The van der Waals surface area contributed by atoms with Gasteiger partial charge in [0.25, 0.3) is 11.6 Å². The normalized spacial score (nSPS) is 10.4. The molecule has 28 heavy (non-hydrogen) atoms. The maximum atomic E-state index is 12.7. The summed E-state index contributed by atoms with van der Waals surface area (Å²) < 4.78 is 10.5. The Morgan fingerprint density at radius 1 is 1.25 bits per heavy atom. The van der Waals surface area contributed by atoms with Crippen molar-refractivity contribution in [2.45, 2.75) is 6.92 Å². The highest BCUT2D eigenvalue weighted by Gasteiger charge is 2.25. The first kappa shape index (κ1) is 19.3. The third kappa shape index (κ3) is 4.09. The van der Waals surface area contributed by atoms with Crippen molar-refractivity contribution in [2.75, 3.05) is 19.0 Å². The number of carbonyl (C=O) groups excluding carboxylic acids is 1. The zero-order chi connectivity index (χ0) is 20.1. The summed E-state index contributed by atoms with van der Waals surface area (Å²) in [7, 11) is 1.38. The van der Waals surface area contributed by atoms with E-state index in [9.17, 15) is 14.9 Å². The van der Waals surface area contributed by atoms with Crippen molar-refractivity contribution in [3.63, 3.8) is 0 Å². The van der Waals surface area contributed by atoms with Gasteiger partial charge in [-0.3, -0.25) is 20.2 Å². The average Bonchev–Trinajstić information content (AvgIpc) is 3.17. The minimum atomic E-state index is -0.649. The van der Waals surface area contributed by atoms with Gasteiger partial charge in [-0.25, -0.2) is 4.98 Å². The van der Waals surface area contributed by atoms with Crippen LogP contribution in [0.15, 0.2) is 47.8 Å². The van der Waals surface area contributed by atoms with Crippen LogP contribution in [0.1, 0.15) is 17.3 Å². The second kappa shape index (κ2) is 8.49. The number of nitro groups is 1. The van der Waals surface area contributed by atoms with Crippen LogP contribution >= 0.6 is 11.3 Å². The highest BCUT2D eigenvalue weighted by molar-refractivity contribution is 7.14. The van der Waals surface area contributed by atoms with Gasteiger partial charge in [0.2, 0.25) is 0 Å². The second-order valence-electron chi connectivity index (χ2n) is 5.57. The van der Waals surface area contributed by atoms with E-state index >= 15 is 0 Å². The number of anilines is 1. The van der Waals surface area contributed by atoms with Crippen LogP contribution in [0.5, 0.6) is 11.5 Å². The van der Waals surface area contributed by atoms with E-state index < -0.39 is 10.8 Å². The summed E-state index contributed by atoms with van der Waals surface area (Å²) in [5.41, 5.74) is 1.11. The molecular formula is C19H17N3O5S. The molecule has 0 saturated heterocycles. The zero-order valence-electron chi connectivity index (χ0n) is 15.2. The third-order valence-corrected chi connectivity index (χ3v) is 4.58. The fourth-order valence-corrected chi connectivity index (χ4v) is 3.26. The number of amides is 1. The number of methoxy groups -OCH3 is 1. The molecular weight excluding hydrogens is 382 g/mol. The minimum absolute atomic E-state index is 0.134. The predicted octanol–water partition coefficient (Wildman–Crippen LogP) is 4.38. The lowest BCUT2D eigenvalue weighted by atomic mass is 10.1. The summed E-state index contributed by atoms with van der Waals surface area (Å²) in [6.45, 7) is 2.09. The van der Waals surface area contributed by atoms with Crippen LogP contribution in [0, 0.1) is 10.1 Å². The van der Waals surface area contributed by atoms with Gasteiger partial charge >= 0.3 is 0 Å². The summed E-state index contributed by atoms with van der Waals surface area (Å²) in [5, 5.41) is 16.2. The van der Waals surface area contributed by atoms with E-state index in [1.807, 2.05) is 30.3 Å². The van der Waals surface area contributed by atoms with E-state index in [4.69, 9.17) is 9.47 Å². The van der Waals surface area contributed by atoms with Gasteiger partial charge < -0.3 is 9.47 Å². The molecule has 0 saturated carbocycles. The standard InChI is InChI=1S/C19H17N3O5S/c1-3-27-17-9-13(15(22(24)25)10-16(17)26-2)18(23)21-19-20-14(11-28-19)12-7-5-4-6-8-12/h4-11H,3H2,1-2H3,(H,20,21,23). The topological polar surface area (TPSA) is 104 Å². The fourth-order valence-electron chi connectivity index (χ4n) is 2.55. The summed E-state index contributed by atoms with van der Waals surface area (Å²) in [6, 6.07) is 12.0. The molecule has 0 aliphatic heterocycles. The number of hydrogen-bond donors (Lipinski definition) is 1. The number of nitrogens with one attached hydrogen (secondary N) is 1. The Hall–Kier alpha value is -3.46. The van der Waals surface area contributed by atoms with Crippen molar-refractivity contribution in [1.29, 1.82) is 0 Å². The van der Waals surface area contributed by atoms with Crippen molar-refractivity contribution >= 4 is 28.1 Å². The quantitative estimate of drug-likeness (QED) is 0.467. The van der Waals surface area contributed by atoms with E-state index in [-0.39, 0.29) is 22.7 Å². The molecule has 9 heteroatoms. The maximum Gasteiger partial charge on any atom is 0.286 e. The molecule has 0 aliphatic carbocycles. The molecule has 1 aromatic heterocycles. The first-order chi connectivity index (χ1) is 13.5. The molecule has 1 amide bonds. The maximum absolute atomic E-state index is 12.7. The molecule has 0 bridgehead atoms. The molecule has 0 radical (unpaired) electrons. The summed E-state index contributed by atoms with van der Waals surface area (Å²) in [6.07, 6.45) is 0. The first-order valence-corrected chi connectivity index (χ1v) is 9.23. The molecule has 0 atom stereocenters. The smallest absolute Gasteiger partial charge is 0.286 e. The monoisotopic (exact) mass is 399 g/mol. The third-order valence-electron chi connectivity index (χ3n) is 3.82. The number of nitrogens with zero attached hydrogens (tertiary/aromatic N) is 2. The van der Waals surface area contributed by atoms with E-state index in [1.54, 1.807) is 12.3 Å². The fraction of sp³-hybridized carbons (Fsp3) is 0.158. The van der Waals surface area contributed by atoms with Crippen molar-refractivity contribution < 1.29 is 19.2 Å². The van der Waals surface area contributed by atoms with Crippen molar-refractivity contribution in [2.24, 2.45) is 0 Å². The molecule has 3 aromatic rings. The Labute approximate surface area is 164 Å². The lowest BCUT2D eigenvalue weighted by Gasteiger charge is -2.11. The van der Waals surface area contributed by atoms with E-state index in [2.05, 4.69) is 10.3 Å². The number of hydrogen-bond acceptors (Lipinski definition) is 7. The number of nitro benzene ring substituents is 1. The Bertz CT molecular complexity index is 1000. The Kier molecular flexibility index (Phi) is 5.85. The van der Waals surface area contributed by atoms with Crippen molar-refractivity contribution in [3.05, 3.63) is 63.5 Å². The SMILES string of the molecule is CCOc1cc(C(=O)Nc2nc(-c3ccccc3)cs2)c([N+](=O)[O-])cc1OC. The summed E-state index contributed by atoms with van der Waals surface area (Å²) in [5.74, 6) is -0.208. The number of ether oxygens (including phenoxy) is 2. The van der Waals surface area contributed by atoms with Gasteiger partial charge in [-0.2, -0.15) is 0 Å². The van der Waals surface area contributed by atoms with E-state index in [0.29, 0.717) is 17.4 Å². The Morgan fingerprint density at radius 2 is 2.00 bits per heavy atom. The molecule has 0 aliphatic rings. The molecule has 0 fully saturated rings. The highest BCUT2D eigenvalue weighted by atomic mass is 32.1. The molecule has 8 nitrogen and oxygen atoms in total. The molecule has 144 valence electrons. The number of benzene rings is 2. The molecule has 1 heterocycles. The minimum Gasteiger partial charge on any atom is -0.493 e. The van der Waals surface area contributed by atoms with Crippen LogP contribution < -0.4 is 14.8 Å². The Balaban J connectivity index is 1.90. The number of aromatic nitrogens is 1. The van der Waals surface area contributed by atoms with Crippen LogP contribution in [0.4, 0.5) is 10.8 Å².